The molecule has 0 bridgehead atoms. The van der Waals surface area contributed by atoms with Crippen LogP contribution in [0.5, 0.6) is 0 Å². The van der Waals surface area contributed by atoms with Crippen LogP contribution in [0.4, 0.5) is 11.8 Å². The third kappa shape index (κ3) is 5.31. The molecule has 0 aromatic carbocycles. The Kier molecular flexibility index (Phi) is 7.27. The molecule has 0 spiro atoms. The van der Waals surface area contributed by atoms with Gasteiger partial charge in [-0.2, -0.15) is 4.98 Å². The molecule has 25 heteroatoms. The third-order valence-electron chi connectivity index (χ3n) is 7.48. The average Bonchev–Trinajstić information content (AvgIpc) is 3.72. The topological polar surface area (TPSA) is 341 Å². The molecule has 3 aliphatic rings. The van der Waals surface area contributed by atoms with E-state index >= 15 is 0 Å². The Labute approximate surface area is 250 Å². The first-order valence-corrected chi connectivity index (χ1v) is 16.1. The van der Waals surface area contributed by atoms with Gasteiger partial charge in [-0.1, -0.05) is 0 Å². The second kappa shape index (κ2) is 10.8. The predicted molar refractivity (Wildman–Crippen MR) is 147 cm³/mol. The predicted octanol–water partition coefficient (Wildman–Crippen LogP) is -2.41. The number of imidazole rings is 2. The van der Waals surface area contributed by atoms with Crippen molar-refractivity contribution >= 4 is 49.7 Å². The molecule has 3 fully saturated rings. The third-order valence-corrected chi connectivity index (χ3v) is 9.45. The number of phosphoric acid groups is 2. The van der Waals surface area contributed by atoms with E-state index in [2.05, 4.69) is 29.9 Å². The van der Waals surface area contributed by atoms with Crippen LogP contribution in [-0.2, 0) is 36.7 Å². The van der Waals surface area contributed by atoms with Crippen molar-refractivity contribution in [1.82, 2.24) is 39.0 Å². The lowest BCUT2D eigenvalue weighted by atomic mass is 10.1. The van der Waals surface area contributed by atoms with Gasteiger partial charge in [-0.25, -0.2) is 29.1 Å². The number of nitrogens with two attached hydrogens (primary N) is 4. The number of ether oxygens (including phenoxy) is 2. The summed E-state index contributed by atoms with van der Waals surface area (Å²) < 4.78 is 62.2. The summed E-state index contributed by atoms with van der Waals surface area (Å²) >= 11 is 0. The van der Waals surface area contributed by atoms with Gasteiger partial charge in [-0.3, -0.25) is 37.0 Å². The van der Waals surface area contributed by atoms with Gasteiger partial charge < -0.3 is 42.2 Å². The van der Waals surface area contributed by atoms with Crippen molar-refractivity contribution in [3.05, 3.63) is 29.3 Å². The molecule has 4 unspecified atom stereocenters. The van der Waals surface area contributed by atoms with E-state index in [0.717, 1.165) is 0 Å². The van der Waals surface area contributed by atoms with E-state index in [9.17, 15) is 23.7 Å². The van der Waals surface area contributed by atoms with Gasteiger partial charge in [0.05, 0.1) is 38.0 Å². The van der Waals surface area contributed by atoms with E-state index in [1.54, 1.807) is 0 Å². The molecule has 0 aliphatic carbocycles. The number of phosphoric ester groups is 2. The molecule has 45 heavy (non-hydrogen) atoms. The Morgan fingerprint density at radius 2 is 1.36 bits per heavy atom. The number of nitrogens with zero attached hydrogens (tertiary/aromatic N) is 7. The lowest BCUT2D eigenvalue weighted by Gasteiger charge is -2.28. The monoisotopic (exact) mass is 672 g/mol. The lowest BCUT2D eigenvalue weighted by Crippen LogP contribution is -2.43. The molecular formula is C20H26N12O11P2. The van der Waals surface area contributed by atoms with Crippen LogP contribution in [-0.4, -0.2) is 98.5 Å². The quantitative estimate of drug-likeness (QED) is 0.109. The van der Waals surface area contributed by atoms with Gasteiger partial charge in [0.15, 0.2) is 35.1 Å². The molecule has 0 saturated carbocycles. The van der Waals surface area contributed by atoms with Gasteiger partial charge in [0.1, 0.15) is 36.3 Å². The fourth-order valence-corrected chi connectivity index (χ4v) is 7.41. The van der Waals surface area contributed by atoms with Crippen LogP contribution in [0.1, 0.15) is 12.5 Å². The van der Waals surface area contributed by atoms with E-state index in [1.165, 1.54) is 28.1 Å². The molecule has 7 heterocycles. The van der Waals surface area contributed by atoms with Crippen LogP contribution in [0.3, 0.4) is 0 Å². The Balaban J connectivity index is 1.17. The molecule has 3 saturated heterocycles. The highest BCUT2D eigenvalue weighted by atomic mass is 31.2. The van der Waals surface area contributed by atoms with Gasteiger partial charge in [0.25, 0.3) is 5.56 Å². The summed E-state index contributed by atoms with van der Waals surface area (Å²) in [5.41, 5.74) is 24.1. The molecule has 0 amide bonds. The number of fused-ring (bicyclic) bond motifs is 4. The Morgan fingerprint density at radius 1 is 0.822 bits per heavy atom. The zero-order valence-electron chi connectivity index (χ0n) is 22.7. The summed E-state index contributed by atoms with van der Waals surface area (Å²) in [7, 11) is -9.86. The second-order valence-corrected chi connectivity index (χ2v) is 13.1. The zero-order chi connectivity index (χ0) is 31.8. The van der Waals surface area contributed by atoms with E-state index < -0.39 is 83.4 Å². The summed E-state index contributed by atoms with van der Waals surface area (Å²) in [6.45, 7) is -1.41. The first-order chi connectivity index (χ1) is 21.3. The maximum Gasteiger partial charge on any atom is 0.472 e. The SMILES string of the molecule is Nc1nc2c(ncn2[C@@H]2O[C@@H]3COP(=O)(O)OC4[C@@H](COP(=O)(O)OC3[C@@H]2N)O[C@@H](n2cnc3c(N)ncnc32)[C@H]4N)c(=O)[nH]1. The van der Waals surface area contributed by atoms with Gasteiger partial charge in [-0.05, 0) is 0 Å². The van der Waals surface area contributed by atoms with Crippen LogP contribution >= 0.6 is 15.6 Å². The fraction of sp³-hybridized carbons (Fsp3) is 0.500. The van der Waals surface area contributed by atoms with Crippen molar-refractivity contribution < 1.29 is 46.5 Å². The van der Waals surface area contributed by atoms with Crippen molar-refractivity contribution in [1.29, 1.82) is 0 Å². The maximum absolute atomic E-state index is 13.2. The van der Waals surface area contributed by atoms with Crippen LogP contribution in [0, 0.1) is 0 Å². The molecule has 11 N–H and O–H groups in total. The largest absolute Gasteiger partial charge is 0.472 e. The highest BCUT2D eigenvalue weighted by Crippen LogP contribution is 2.53. The van der Waals surface area contributed by atoms with Crippen molar-refractivity contribution in [2.24, 2.45) is 11.5 Å². The average molecular weight is 672 g/mol. The minimum atomic E-state index is -4.93. The smallest absolute Gasteiger partial charge is 0.382 e. The highest BCUT2D eigenvalue weighted by Gasteiger charge is 2.53. The van der Waals surface area contributed by atoms with Gasteiger partial charge in [0.2, 0.25) is 5.95 Å². The molecule has 0 radical (unpaired) electrons. The van der Waals surface area contributed by atoms with E-state index in [0.29, 0.717) is 0 Å². The van der Waals surface area contributed by atoms with Crippen LogP contribution in [0.25, 0.3) is 22.3 Å². The Hall–Kier alpha value is -3.44. The molecule has 4 aromatic rings. The summed E-state index contributed by atoms with van der Waals surface area (Å²) in [5.74, 6) is -0.128. The van der Waals surface area contributed by atoms with Crippen molar-refractivity contribution in [3.63, 3.8) is 0 Å². The number of anilines is 2. The molecule has 10 atom stereocenters. The Bertz CT molecular complexity index is 1940. The zero-order valence-corrected chi connectivity index (χ0v) is 24.5. The Morgan fingerprint density at radius 3 is 1.93 bits per heavy atom. The molecule has 3 aliphatic heterocycles. The van der Waals surface area contributed by atoms with Crippen molar-refractivity contribution in [2.75, 3.05) is 24.7 Å². The fourth-order valence-electron chi connectivity index (χ4n) is 5.45. The first kappa shape index (κ1) is 30.2. The number of rotatable bonds is 2. The normalized spacial score (nSPS) is 37.7. The molecule has 242 valence electrons. The number of H-pyrrole nitrogens is 1. The van der Waals surface area contributed by atoms with E-state index in [-0.39, 0.29) is 34.1 Å². The number of aromatic nitrogens is 8. The number of hydrogen-bond donors (Lipinski definition) is 7. The van der Waals surface area contributed by atoms with Crippen molar-refractivity contribution in [3.8, 4) is 0 Å². The van der Waals surface area contributed by atoms with E-state index in [1.807, 2.05) is 0 Å². The van der Waals surface area contributed by atoms with Gasteiger partial charge in [-0.15, -0.1) is 0 Å². The molecular weight excluding hydrogens is 646 g/mol. The highest BCUT2D eigenvalue weighted by molar-refractivity contribution is 7.47. The molecule has 7 rings (SSSR count). The van der Waals surface area contributed by atoms with Crippen molar-refractivity contribution in [2.45, 2.75) is 49.0 Å². The van der Waals surface area contributed by atoms with Crippen LogP contribution < -0.4 is 28.5 Å². The minimum Gasteiger partial charge on any atom is -0.382 e. The van der Waals surface area contributed by atoms with Gasteiger partial charge >= 0.3 is 15.6 Å². The van der Waals surface area contributed by atoms with E-state index in [4.69, 9.17) is 50.5 Å². The number of nitrogens with one attached hydrogen (secondary N) is 1. The number of hydrogen-bond acceptors (Lipinski definition) is 18. The molecule has 23 nitrogen and oxygen atoms in total. The standard InChI is InChI=1S/C20H26N12O11P2/c21-8-12-6(40-18(8)31-4-27-10-14(23)25-3-26-15(10)31)1-38-45(36,37)43-13-7(2-39-44(34,35)42-12)41-19(9(13)22)32-5-28-11-16(32)29-20(24)30-17(11)33/h3-9,12-13,18-19H,1-2,21-22H2,(H,34,35)(H,36,37)(H2,23,25,26)(H3,24,29,30,33)/t6-,7-,8+,9+,12?,13?,18-,19-/m1/s1. The number of aromatic amines is 1. The minimum absolute atomic E-state index is 0.0112. The summed E-state index contributed by atoms with van der Waals surface area (Å²) in [6, 6.07) is -2.43. The second-order valence-electron chi connectivity index (χ2n) is 10.3. The maximum atomic E-state index is 13.2. The molecule has 4 aromatic heterocycles. The summed E-state index contributed by atoms with van der Waals surface area (Å²) in [6.07, 6.45) is -4.11. The van der Waals surface area contributed by atoms with Crippen LogP contribution in [0.15, 0.2) is 23.8 Å². The van der Waals surface area contributed by atoms with Crippen LogP contribution in [0.2, 0.25) is 0 Å². The summed E-state index contributed by atoms with van der Waals surface area (Å²) in [5, 5.41) is 0. The number of nitrogen functional groups attached to an aromatic ring is 2. The summed E-state index contributed by atoms with van der Waals surface area (Å²) in [4.78, 5) is 56.2. The lowest BCUT2D eigenvalue weighted by molar-refractivity contribution is -0.0661. The van der Waals surface area contributed by atoms with Gasteiger partial charge in [0, 0.05) is 0 Å². The first-order valence-electron chi connectivity index (χ1n) is 13.1.